The molecule has 0 fully saturated rings. The molecule has 7 aromatic carbocycles. The van der Waals surface area contributed by atoms with Crippen LogP contribution in [-0.2, 0) is 5.41 Å². The van der Waals surface area contributed by atoms with Gasteiger partial charge in [-0.15, -0.1) is 10.2 Å². The smallest absolute Gasteiger partial charge is 0.248 e. The topological polar surface area (TPSA) is 67.9 Å². The summed E-state index contributed by atoms with van der Waals surface area (Å²) in [4.78, 5) is 12.6. The van der Waals surface area contributed by atoms with Crippen LogP contribution in [0.4, 0.5) is 17.1 Å². The van der Waals surface area contributed by atoms with Crippen molar-refractivity contribution in [1.82, 2.24) is 20.2 Å². The van der Waals surface area contributed by atoms with Crippen LogP contribution in [0.3, 0.4) is 0 Å². The second-order valence-corrected chi connectivity index (χ2v) is 14.4. The number of hydrogen-bond acceptors (Lipinski definition) is 6. The highest BCUT2D eigenvalue weighted by atomic mass is 16.4. The number of anilines is 3. The van der Waals surface area contributed by atoms with Gasteiger partial charge in [-0.05, 0) is 95.1 Å². The Kier molecular flexibility index (Phi) is 7.70. The van der Waals surface area contributed by atoms with Crippen molar-refractivity contribution < 1.29 is 4.42 Å². The van der Waals surface area contributed by atoms with Gasteiger partial charge >= 0.3 is 0 Å². The Hall–Kier alpha value is -7.18. The van der Waals surface area contributed by atoms with Crippen LogP contribution >= 0.6 is 0 Å². The van der Waals surface area contributed by atoms with E-state index in [1.807, 2.05) is 72.8 Å². The molecule has 6 heteroatoms. The summed E-state index contributed by atoms with van der Waals surface area (Å²) < 4.78 is 6.16. The van der Waals surface area contributed by atoms with Gasteiger partial charge in [0, 0.05) is 44.7 Å². The van der Waals surface area contributed by atoms with E-state index in [0.29, 0.717) is 11.8 Å². The Bertz CT molecular complexity index is 2830. The normalized spacial score (nSPS) is 12.7. The number of aromatic nitrogens is 4. The van der Waals surface area contributed by atoms with Crippen molar-refractivity contribution in [2.24, 2.45) is 0 Å². The molecule has 0 spiro atoms. The number of rotatable bonds is 7. The minimum atomic E-state index is -0.270. The summed E-state index contributed by atoms with van der Waals surface area (Å²) in [6, 6.07) is 60.8. The van der Waals surface area contributed by atoms with Crippen LogP contribution in [0.25, 0.3) is 67.6 Å². The van der Waals surface area contributed by atoms with Gasteiger partial charge in [-0.25, -0.2) is 9.97 Å². The Morgan fingerprint density at radius 1 is 0.418 bits per heavy atom. The molecule has 0 saturated heterocycles. The van der Waals surface area contributed by atoms with Crippen molar-refractivity contribution in [1.29, 1.82) is 0 Å². The highest BCUT2D eigenvalue weighted by Crippen LogP contribution is 2.51. The second-order valence-electron chi connectivity index (χ2n) is 14.4. The van der Waals surface area contributed by atoms with Crippen LogP contribution < -0.4 is 4.90 Å². The van der Waals surface area contributed by atoms with Gasteiger partial charge in [0.2, 0.25) is 11.8 Å². The molecule has 10 rings (SSSR count). The summed E-state index contributed by atoms with van der Waals surface area (Å²) in [5.74, 6) is 1.03. The number of benzene rings is 7. The summed E-state index contributed by atoms with van der Waals surface area (Å²) in [7, 11) is 0. The Morgan fingerprint density at radius 2 is 0.873 bits per heavy atom. The van der Waals surface area contributed by atoms with E-state index >= 15 is 0 Å². The minimum Gasteiger partial charge on any atom is -0.416 e. The third kappa shape index (κ3) is 5.67. The van der Waals surface area contributed by atoms with E-state index in [2.05, 4.69) is 132 Å². The summed E-state index contributed by atoms with van der Waals surface area (Å²) in [5.41, 5.74) is 15.2. The average Bonchev–Trinajstić information content (AvgIpc) is 3.83. The lowest BCUT2D eigenvalue weighted by molar-refractivity contribution is 0.584. The minimum absolute atomic E-state index is 0.270. The van der Waals surface area contributed by atoms with Gasteiger partial charge in [-0.1, -0.05) is 117 Å². The number of para-hydroxylation sites is 3. The van der Waals surface area contributed by atoms with Crippen molar-refractivity contribution in [2.75, 3.05) is 4.90 Å². The summed E-state index contributed by atoms with van der Waals surface area (Å²) >= 11 is 0. The standard InChI is InChI=1S/C49H35N5O/c1-49(2)41-30-35(48-53-52-47(55-48)34-16-8-4-9-17-34)24-28-39(41)40-29-27-38(31-42(40)49)54(36-18-10-5-11-19-36)37-25-22-33(23-26-37)46-45(32-14-6-3-7-15-32)50-43-20-12-13-21-44(43)51-46/h3-31H,1-2H3. The maximum Gasteiger partial charge on any atom is 0.248 e. The van der Waals surface area contributed by atoms with Crippen molar-refractivity contribution in [3.8, 4) is 56.6 Å². The third-order valence-electron chi connectivity index (χ3n) is 10.6. The molecule has 9 aromatic rings. The SMILES string of the molecule is CC1(C)c2cc(-c3nnc(-c4ccccc4)o3)ccc2-c2ccc(N(c3ccccc3)c3ccc(-c4nc5ccccc5nc4-c4ccccc4)cc3)cc21. The highest BCUT2D eigenvalue weighted by molar-refractivity contribution is 5.89. The zero-order valence-corrected chi connectivity index (χ0v) is 30.4. The zero-order valence-electron chi connectivity index (χ0n) is 30.4. The second kappa shape index (κ2) is 13.0. The van der Waals surface area contributed by atoms with Crippen LogP contribution in [-0.4, -0.2) is 20.2 Å². The molecule has 0 amide bonds. The Labute approximate surface area is 319 Å². The highest BCUT2D eigenvalue weighted by Gasteiger charge is 2.36. The molecule has 0 radical (unpaired) electrons. The molecule has 0 saturated carbocycles. The van der Waals surface area contributed by atoms with E-state index in [-0.39, 0.29) is 5.41 Å². The fourth-order valence-corrected chi connectivity index (χ4v) is 7.83. The first kappa shape index (κ1) is 32.5. The monoisotopic (exact) mass is 709 g/mol. The molecule has 0 bridgehead atoms. The fourth-order valence-electron chi connectivity index (χ4n) is 7.83. The zero-order chi connectivity index (χ0) is 36.9. The molecule has 0 aliphatic heterocycles. The predicted octanol–water partition coefficient (Wildman–Crippen LogP) is 12.5. The largest absolute Gasteiger partial charge is 0.416 e. The first-order valence-corrected chi connectivity index (χ1v) is 18.5. The van der Waals surface area contributed by atoms with Gasteiger partial charge in [-0.2, -0.15) is 0 Å². The molecule has 0 atom stereocenters. The lowest BCUT2D eigenvalue weighted by Crippen LogP contribution is -2.16. The van der Waals surface area contributed by atoms with Gasteiger partial charge in [0.15, 0.2) is 0 Å². The van der Waals surface area contributed by atoms with Crippen LogP contribution in [0.5, 0.6) is 0 Å². The number of fused-ring (bicyclic) bond motifs is 4. The molecular weight excluding hydrogens is 675 g/mol. The van der Waals surface area contributed by atoms with E-state index < -0.39 is 0 Å². The van der Waals surface area contributed by atoms with Crippen LogP contribution in [0, 0.1) is 0 Å². The predicted molar refractivity (Wildman–Crippen MR) is 221 cm³/mol. The maximum atomic E-state index is 6.16. The summed E-state index contributed by atoms with van der Waals surface area (Å²) in [5, 5.41) is 8.76. The molecule has 2 heterocycles. The third-order valence-corrected chi connectivity index (χ3v) is 10.6. The number of nitrogens with zero attached hydrogens (tertiary/aromatic N) is 5. The Morgan fingerprint density at radius 3 is 1.51 bits per heavy atom. The van der Waals surface area contributed by atoms with E-state index in [1.165, 1.54) is 22.3 Å². The summed E-state index contributed by atoms with van der Waals surface area (Å²) in [6.45, 7) is 4.59. The van der Waals surface area contributed by atoms with Gasteiger partial charge < -0.3 is 9.32 Å². The van der Waals surface area contributed by atoms with E-state index in [4.69, 9.17) is 14.4 Å². The number of hydrogen-bond donors (Lipinski definition) is 0. The lowest BCUT2D eigenvalue weighted by Gasteiger charge is -2.28. The molecule has 0 N–H and O–H groups in total. The summed E-state index contributed by atoms with van der Waals surface area (Å²) in [6.07, 6.45) is 0. The lowest BCUT2D eigenvalue weighted by atomic mass is 9.81. The molecule has 1 aliphatic rings. The van der Waals surface area contributed by atoms with Crippen molar-refractivity contribution >= 4 is 28.1 Å². The average molecular weight is 710 g/mol. The maximum absolute atomic E-state index is 6.16. The van der Waals surface area contributed by atoms with Gasteiger partial charge in [0.1, 0.15) is 0 Å². The first-order chi connectivity index (χ1) is 27.0. The van der Waals surface area contributed by atoms with Crippen molar-refractivity contribution in [3.05, 3.63) is 187 Å². The molecule has 6 nitrogen and oxygen atoms in total. The van der Waals surface area contributed by atoms with Crippen molar-refractivity contribution in [3.63, 3.8) is 0 Å². The van der Waals surface area contributed by atoms with Crippen LogP contribution in [0.1, 0.15) is 25.0 Å². The molecule has 55 heavy (non-hydrogen) atoms. The molecule has 1 aliphatic carbocycles. The quantitative estimate of drug-likeness (QED) is 0.164. The molecule has 0 unspecified atom stereocenters. The molecular formula is C49H35N5O. The van der Waals surface area contributed by atoms with Crippen molar-refractivity contribution in [2.45, 2.75) is 19.3 Å². The van der Waals surface area contributed by atoms with Crippen LogP contribution in [0.15, 0.2) is 180 Å². The van der Waals surface area contributed by atoms with Gasteiger partial charge in [-0.3, -0.25) is 0 Å². The van der Waals surface area contributed by atoms with E-state index in [1.54, 1.807) is 0 Å². The Balaban J connectivity index is 1.03. The molecule has 2 aromatic heterocycles. The fraction of sp³-hybridized carbons (Fsp3) is 0.0612. The van der Waals surface area contributed by atoms with Gasteiger partial charge in [0.05, 0.1) is 22.4 Å². The van der Waals surface area contributed by atoms with E-state index in [9.17, 15) is 0 Å². The van der Waals surface area contributed by atoms with Crippen LogP contribution in [0.2, 0.25) is 0 Å². The first-order valence-electron chi connectivity index (χ1n) is 18.5. The van der Waals surface area contributed by atoms with Gasteiger partial charge in [0.25, 0.3) is 0 Å². The van der Waals surface area contributed by atoms with E-state index in [0.717, 1.165) is 61.7 Å². The molecule has 262 valence electrons.